The van der Waals surface area contributed by atoms with Crippen LogP contribution in [-0.2, 0) is 14.4 Å². The Balaban J connectivity index is 1.82. The third-order valence-electron chi connectivity index (χ3n) is 7.72. The van der Waals surface area contributed by atoms with Gasteiger partial charge in [0.05, 0.1) is 0 Å². The fourth-order valence-electron chi connectivity index (χ4n) is 6.47. The highest BCUT2D eigenvalue weighted by Gasteiger charge is 2.63. The van der Waals surface area contributed by atoms with E-state index in [4.69, 9.17) is 0 Å². The van der Waals surface area contributed by atoms with Crippen molar-refractivity contribution in [3.63, 3.8) is 0 Å². The van der Waals surface area contributed by atoms with Crippen molar-refractivity contribution in [1.29, 1.82) is 0 Å². The first kappa shape index (κ1) is 15.3. The summed E-state index contributed by atoms with van der Waals surface area (Å²) in [5.74, 6) is 1.84. The van der Waals surface area contributed by atoms with Gasteiger partial charge in [0, 0.05) is 30.6 Å². The van der Waals surface area contributed by atoms with Crippen LogP contribution >= 0.6 is 0 Å². The Hall–Kier alpha value is -1.25. The van der Waals surface area contributed by atoms with Crippen LogP contribution in [0.3, 0.4) is 0 Å². The Morgan fingerprint density at radius 2 is 1.83 bits per heavy atom. The van der Waals surface area contributed by atoms with Crippen molar-refractivity contribution in [2.45, 2.75) is 59.3 Å². The van der Waals surface area contributed by atoms with Crippen LogP contribution in [0.4, 0.5) is 0 Å². The van der Waals surface area contributed by atoms with Gasteiger partial charge in [-0.05, 0) is 48.5 Å². The van der Waals surface area contributed by atoms with Gasteiger partial charge < -0.3 is 0 Å². The van der Waals surface area contributed by atoms with Crippen molar-refractivity contribution in [2.24, 2.45) is 34.5 Å². The second-order valence-electron chi connectivity index (χ2n) is 8.92. The van der Waals surface area contributed by atoms with Gasteiger partial charge in [0.1, 0.15) is 11.6 Å². The van der Waals surface area contributed by atoms with E-state index >= 15 is 0 Å². The van der Waals surface area contributed by atoms with Crippen molar-refractivity contribution >= 4 is 17.3 Å². The molecule has 0 aliphatic heterocycles. The molecule has 0 spiro atoms. The monoisotopic (exact) mass is 314 g/mol. The van der Waals surface area contributed by atoms with Crippen LogP contribution in [0.2, 0.25) is 0 Å². The lowest BCUT2D eigenvalue weighted by Crippen LogP contribution is -2.57. The summed E-state index contributed by atoms with van der Waals surface area (Å²) in [4.78, 5) is 37.5. The number of ketones is 3. The molecule has 6 atom stereocenters. The molecule has 0 bridgehead atoms. The molecule has 3 heteroatoms. The first-order valence-electron chi connectivity index (χ1n) is 9.07. The first-order chi connectivity index (χ1) is 10.8. The molecule has 0 N–H and O–H groups in total. The highest BCUT2D eigenvalue weighted by molar-refractivity contribution is 5.96. The Morgan fingerprint density at radius 1 is 1.09 bits per heavy atom. The van der Waals surface area contributed by atoms with Gasteiger partial charge in [0.2, 0.25) is 0 Å². The SMILES string of the molecule is C[C@@H]1CC2=CC(=O)CCC2(C)C2C(=O)CC3(C)C(=O)CCC3C21. The van der Waals surface area contributed by atoms with E-state index in [1.165, 1.54) is 5.57 Å². The van der Waals surface area contributed by atoms with E-state index in [2.05, 4.69) is 13.8 Å². The van der Waals surface area contributed by atoms with E-state index in [9.17, 15) is 14.4 Å². The predicted molar refractivity (Wildman–Crippen MR) is 86.7 cm³/mol. The average Bonchev–Trinajstić information content (AvgIpc) is 2.76. The summed E-state index contributed by atoms with van der Waals surface area (Å²) in [7, 11) is 0. The maximum absolute atomic E-state index is 13.1. The highest BCUT2D eigenvalue weighted by atomic mass is 16.1. The Kier molecular flexibility index (Phi) is 3.09. The maximum atomic E-state index is 13.1. The summed E-state index contributed by atoms with van der Waals surface area (Å²) in [6, 6.07) is 0. The van der Waals surface area contributed by atoms with Crippen molar-refractivity contribution < 1.29 is 14.4 Å². The van der Waals surface area contributed by atoms with Crippen LogP contribution in [-0.4, -0.2) is 17.3 Å². The summed E-state index contributed by atoms with van der Waals surface area (Å²) < 4.78 is 0. The second kappa shape index (κ2) is 4.64. The second-order valence-corrected chi connectivity index (χ2v) is 8.92. The molecule has 0 saturated heterocycles. The van der Waals surface area contributed by atoms with E-state index < -0.39 is 5.41 Å². The lowest BCUT2D eigenvalue weighted by atomic mass is 9.45. The minimum Gasteiger partial charge on any atom is -0.299 e. The van der Waals surface area contributed by atoms with Crippen molar-refractivity contribution in [3.05, 3.63) is 11.6 Å². The van der Waals surface area contributed by atoms with Gasteiger partial charge in [-0.25, -0.2) is 0 Å². The van der Waals surface area contributed by atoms with Gasteiger partial charge in [-0.1, -0.05) is 26.3 Å². The Labute approximate surface area is 137 Å². The maximum Gasteiger partial charge on any atom is 0.155 e. The summed E-state index contributed by atoms with van der Waals surface area (Å²) in [5, 5.41) is 0. The molecule has 0 heterocycles. The Morgan fingerprint density at radius 3 is 2.57 bits per heavy atom. The molecule has 0 aromatic carbocycles. The standard InChI is InChI=1S/C20H26O3/c1-11-8-12-9-13(21)6-7-19(12,2)18-15(22)10-20(3)14(17(11)18)4-5-16(20)23/h9,11,14,17-18H,4-8,10H2,1-3H3/t11-,14?,17?,18?,19?,20?/m1/s1. The molecule has 0 radical (unpaired) electrons. The van der Waals surface area contributed by atoms with Gasteiger partial charge in [-0.2, -0.15) is 0 Å². The molecule has 3 nitrogen and oxygen atoms in total. The van der Waals surface area contributed by atoms with Gasteiger partial charge in [0.15, 0.2) is 5.78 Å². The Bertz CT molecular complexity index is 645. The van der Waals surface area contributed by atoms with E-state index in [1.807, 2.05) is 13.0 Å². The number of Topliss-reactive ketones (excluding diaryl/α,β-unsaturated/α-hetero) is 2. The lowest BCUT2D eigenvalue weighted by molar-refractivity contribution is -0.153. The predicted octanol–water partition coefficient (Wildman–Crippen LogP) is 3.51. The van der Waals surface area contributed by atoms with E-state index in [-0.39, 0.29) is 22.9 Å². The molecule has 0 aromatic rings. The number of carbonyl (C=O) groups excluding carboxylic acids is 3. The third kappa shape index (κ3) is 1.85. The van der Waals surface area contributed by atoms with E-state index in [0.29, 0.717) is 42.8 Å². The van der Waals surface area contributed by atoms with Crippen molar-refractivity contribution in [2.75, 3.05) is 0 Å². The van der Waals surface area contributed by atoms with Gasteiger partial charge in [-0.3, -0.25) is 14.4 Å². The molecule has 124 valence electrons. The molecule has 4 aliphatic carbocycles. The molecule has 3 saturated carbocycles. The quantitative estimate of drug-likeness (QED) is 0.687. The minimum atomic E-state index is -0.422. The molecular formula is C20H26O3. The van der Waals surface area contributed by atoms with Crippen LogP contribution in [0.5, 0.6) is 0 Å². The van der Waals surface area contributed by atoms with Gasteiger partial charge in [0.25, 0.3) is 0 Å². The first-order valence-corrected chi connectivity index (χ1v) is 9.07. The molecule has 3 fully saturated rings. The van der Waals surface area contributed by atoms with Crippen molar-refractivity contribution in [1.82, 2.24) is 0 Å². The summed E-state index contributed by atoms with van der Waals surface area (Å²) in [6.45, 7) is 6.46. The summed E-state index contributed by atoms with van der Waals surface area (Å²) in [6.07, 6.45) is 6.11. The fourth-order valence-corrected chi connectivity index (χ4v) is 6.47. The molecule has 5 unspecified atom stereocenters. The van der Waals surface area contributed by atoms with Crippen LogP contribution in [0.1, 0.15) is 59.3 Å². The zero-order chi connectivity index (χ0) is 16.6. The van der Waals surface area contributed by atoms with Crippen LogP contribution in [0, 0.1) is 34.5 Å². The topological polar surface area (TPSA) is 51.2 Å². The number of fused-ring (bicyclic) bond motifs is 5. The van der Waals surface area contributed by atoms with E-state index in [1.54, 1.807) is 0 Å². The number of rotatable bonds is 0. The molecule has 23 heavy (non-hydrogen) atoms. The molecular weight excluding hydrogens is 288 g/mol. The number of hydrogen-bond donors (Lipinski definition) is 0. The number of hydrogen-bond acceptors (Lipinski definition) is 3. The smallest absolute Gasteiger partial charge is 0.155 e. The molecule has 4 rings (SSSR count). The zero-order valence-electron chi connectivity index (χ0n) is 14.4. The third-order valence-corrected chi connectivity index (χ3v) is 7.72. The van der Waals surface area contributed by atoms with Crippen molar-refractivity contribution in [3.8, 4) is 0 Å². The van der Waals surface area contributed by atoms with Crippen LogP contribution < -0.4 is 0 Å². The normalized spacial score (nSPS) is 49.3. The van der Waals surface area contributed by atoms with Gasteiger partial charge in [-0.15, -0.1) is 0 Å². The molecule has 0 amide bonds. The van der Waals surface area contributed by atoms with Gasteiger partial charge >= 0.3 is 0 Å². The number of carbonyl (C=O) groups is 3. The lowest BCUT2D eigenvalue weighted by Gasteiger charge is -2.57. The highest BCUT2D eigenvalue weighted by Crippen LogP contribution is 2.64. The van der Waals surface area contributed by atoms with Crippen LogP contribution in [0.25, 0.3) is 0 Å². The number of allylic oxidation sites excluding steroid dienone is 1. The summed E-state index contributed by atoms with van der Waals surface area (Å²) >= 11 is 0. The van der Waals surface area contributed by atoms with Crippen LogP contribution in [0.15, 0.2) is 11.6 Å². The molecule has 4 aliphatic rings. The summed E-state index contributed by atoms with van der Waals surface area (Å²) in [5.41, 5.74) is 0.618. The zero-order valence-corrected chi connectivity index (χ0v) is 14.4. The van der Waals surface area contributed by atoms with E-state index in [0.717, 1.165) is 19.3 Å². The minimum absolute atomic E-state index is 0.00887. The average molecular weight is 314 g/mol. The largest absolute Gasteiger partial charge is 0.299 e. The molecule has 0 aromatic heterocycles. The fraction of sp³-hybridized carbons (Fsp3) is 0.750.